The van der Waals surface area contributed by atoms with Gasteiger partial charge < -0.3 is 39.9 Å². The molecule has 0 spiro atoms. The molecule has 2 aromatic rings. The molecule has 1 saturated heterocycles. The van der Waals surface area contributed by atoms with Crippen LogP contribution in [0.4, 0.5) is 5.95 Å². The lowest BCUT2D eigenvalue weighted by atomic mass is 10.1. The molecule has 0 saturated carbocycles. The van der Waals surface area contributed by atoms with Crippen molar-refractivity contribution >= 4 is 32.3 Å². The number of aromatic nitrogens is 4. The summed E-state index contributed by atoms with van der Waals surface area (Å²) in [5.41, 5.74) is 4.72. The Morgan fingerprint density at radius 2 is 1.96 bits per heavy atom. The number of nitrogens with zero attached hydrogens (tertiary/aromatic N) is 3. The Bertz CT molecular complexity index is 1030. The van der Waals surface area contributed by atoms with Crippen molar-refractivity contribution in [3.05, 3.63) is 16.7 Å². The summed E-state index contributed by atoms with van der Waals surface area (Å²) in [6, 6.07) is 0. The van der Waals surface area contributed by atoms with Gasteiger partial charge in [0.1, 0.15) is 18.3 Å². The molecule has 3 heterocycles. The summed E-state index contributed by atoms with van der Waals surface area (Å²) in [4.78, 5) is 48.8. The van der Waals surface area contributed by atoms with Crippen LogP contribution in [0, 0.1) is 0 Å². The molecule has 0 bridgehead atoms. The first-order valence-corrected chi connectivity index (χ1v) is 11.2. The van der Waals surface area contributed by atoms with Crippen molar-refractivity contribution in [2.24, 2.45) is 0 Å². The monoisotopic (exact) mass is 441 g/mol. The fourth-order valence-corrected chi connectivity index (χ4v) is 5.26. The van der Waals surface area contributed by atoms with Crippen molar-refractivity contribution in [2.75, 3.05) is 18.2 Å². The van der Waals surface area contributed by atoms with Gasteiger partial charge in [-0.2, -0.15) is 4.98 Å². The topological polar surface area (TPSA) is 243 Å². The fraction of sp³-hybridized carbons (Fsp3) is 0.545. The van der Waals surface area contributed by atoms with E-state index in [0.29, 0.717) is 0 Å². The number of aliphatic hydroxyl groups excluding tert-OH is 2. The van der Waals surface area contributed by atoms with E-state index in [9.17, 15) is 29.0 Å². The van der Waals surface area contributed by atoms with Gasteiger partial charge in [-0.25, -0.2) is 4.98 Å². The highest BCUT2D eigenvalue weighted by Crippen LogP contribution is 2.55. The molecule has 1 aliphatic heterocycles. The predicted molar refractivity (Wildman–Crippen MR) is 91.2 cm³/mol. The van der Waals surface area contributed by atoms with Gasteiger partial charge in [0.2, 0.25) is 5.95 Å². The number of H-pyrrole nitrogens is 1. The summed E-state index contributed by atoms with van der Waals surface area (Å²) in [5, 5.41) is 20.3. The van der Waals surface area contributed by atoms with Crippen LogP contribution in [0.1, 0.15) is 6.23 Å². The molecule has 28 heavy (non-hydrogen) atoms. The minimum atomic E-state index is -4.82. The van der Waals surface area contributed by atoms with Crippen molar-refractivity contribution < 1.29 is 43.3 Å². The molecule has 5 atom stereocenters. The highest BCUT2D eigenvalue weighted by molar-refractivity contribution is 7.70. The van der Waals surface area contributed by atoms with E-state index >= 15 is 0 Å². The summed E-state index contributed by atoms with van der Waals surface area (Å²) < 4.78 is 33.7. The van der Waals surface area contributed by atoms with E-state index in [0.717, 1.165) is 10.9 Å². The zero-order valence-corrected chi connectivity index (χ0v) is 15.7. The Kier molecular flexibility index (Phi) is 5.49. The van der Waals surface area contributed by atoms with Crippen LogP contribution in [0.2, 0.25) is 0 Å². The van der Waals surface area contributed by atoms with Crippen LogP contribution in [-0.2, 0) is 18.4 Å². The average molecular weight is 441 g/mol. The largest absolute Gasteiger partial charge is 0.387 e. The van der Waals surface area contributed by atoms with E-state index in [4.69, 9.17) is 20.3 Å². The maximum absolute atomic E-state index is 11.8. The number of hydrogen-bond donors (Lipinski definition) is 7. The van der Waals surface area contributed by atoms with E-state index < -0.39 is 57.8 Å². The van der Waals surface area contributed by atoms with Gasteiger partial charge in [0.25, 0.3) is 5.56 Å². The minimum absolute atomic E-state index is 0.0339. The first-order chi connectivity index (χ1) is 12.9. The summed E-state index contributed by atoms with van der Waals surface area (Å²) in [7, 11) is -9.49. The van der Waals surface area contributed by atoms with Crippen LogP contribution >= 0.6 is 15.2 Å². The lowest BCUT2D eigenvalue weighted by Gasteiger charge is -2.18. The van der Waals surface area contributed by atoms with Crippen molar-refractivity contribution in [1.82, 2.24) is 19.5 Å². The van der Waals surface area contributed by atoms with Gasteiger partial charge in [0.05, 0.1) is 12.9 Å². The van der Waals surface area contributed by atoms with Crippen molar-refractivity contribution in [3.63, 3.8) is 0 Å². The molecule has 17 heteroatoms. The van der Waals surface area contributed by atoms with Crippen LogP contribution in [0.15, 0.2) is 11.1 Å². The lowest BCUT2D eigenvalue weighted by Crippen LogP contribution is -2.33. The van der Waals surface area contributed by atoms with Crippen LogP contribution in [-0.4, -0.2) is 75.2 Å². The molecule has 0 amide bonds. The molecular formula is C11H17N5O10P2. The number of nitrogens with two attached hydrogens (primary N) is 1. The first kappa shape index (κ1) is 21.0. The Hall–Kier alpha value is -1.67. The normalized spacial score (nSPS) is 27.9. The number of hydrogen-bond acceptors (Lipinski definition) is 10. The van der Waals surface area contributed by atoms with E-state index in [-0.39, 0.29) is 17.1 Å². The van der Waals surface area contributed by atoms with E-state index in [1.807, 2.05) is 0 Å². The highest BCUT2D eigenvalue weighted by Gasteiger charge is 2.45. The van der Waals surface area contributed by atoms with Gasteiger partial charge in [-0.3, -0.25) is 23.5 Å². The van der Waals surface area contributed by atoms with Crippen molar-refractivity contribution in [3.8, 4) is 0 Å². The van der Waals surface area contributed by atoms with Gasteiger partial charge in [0.15, 0.2) is 23.3 Å². The standard InChI is InChI=1S/C11H17N5O10P2/c12-11-14-8-5(9(19)15-11)13-2-16(8)10-7(18)6(17)4(26-10)1-25-28(23,24)3-27(20,21)22/h2,4,6-7,10,17-18H,1,3H2,(H,23,24)(H2,20,21,22)(H3,12,14,15,19)/t4-,6-,7-,10-/m1/s1. The third kappa shape index (κ3) is 4.33. The molecule has 15 nitrogen and oxygen atoms in total. The molecule has 8 N–H and O–H groups in total. The van der Waals surface area contributed by atoms with Crippen LogP contribution in [0.5, 0.6) is 0 Å². The number of anilines is 1. The van der Waals surface area contributed by atoms with Gasteiger partial charge in [-0.15, -0.1) is 0 Å². The second-order valence-electron chi connectivity index (χ2n) is 6.06. The van der Waals surface area contributed by atoms with Gasteiger partial charge in [0, 0.05) is 0 Å². The predicted octanol–water partition coefficient (Wildman–Crippen LogP) is -2.34. The molecule has 0 aromatic carbocycles. The number of fused-ring (bicyclic) bond motifs is 1. The first-order valence-electron chi connectivity index (χ1n) is 7.63. The Morgan fingerprint density at radius 3 is 2.61 bits per heavy atom. The molecule has 2 aromatic heterocycles. The molecule has 0 radical (unpaired) electrons. The number of nitrogen functional groups attached to an aromatic ring is 1. The van der Waals surface area contributed by atoms with Gasteiger partial charge in [-0.05, 0) is 0 Å². The molecule has 1 unspecified atom stereocenters. The highest BCUT2D eigenvalue weighted by atomic mass is 31.2. The maximum atomic E-state index is 11.8. The van der Waals surface area contributed by atoms with Crippen LogP contribution < -0.4 is 11.3 Å². The maximum Gasteiger partial charge on any atom is 0.340 e. The zero-order chi connectivity index (χ0) is 20.9. The third-order valence-corrected chi connectivity index (χ3v) is 7.32. The lowest BCUT2D eigenvalue weighted by molar-refractivity contribution is -0.0483. The minimum Gasteiger partial charge on any atom is -0.387 e. The molecule has 3 rings (SSSR count). The number of ether oxygens (including phenoxy) is 1. The quantitative estimate of drug-likeness (QED) is 0.233. The zero-order valence-electron chi connectivity index (χ0n) is 13.9. The second-order valence-corrected chi connectivity index (χ2v) is 10.1. The van der Waals surface area contributed by atoms with E-state index in [1.165, 1.54) is 0 Å². The summed E-state index contributed by atoms with van der Waals surface area (Å²) >= 11 is 0. The Morgan fingerprint density at radius 1 is 1.29 bits per heavy atom. The van der Waals surface area contributed by atoms with Crippen LogP contribution in [0.25, 0.3) is 11.2 Å². The molecule has 156 valence electrons. The Balaban J connectivity index is 1.79. The summed E-state index contributed by atoms with van der Waals surface area (Å²) in [6.07, 6.45) is -4.64. The molecule has 0 aliphatic carbocycles. The number of imidazole rings is 1. The smallest absolute Gasteiger partial charge is 0.340 e. The molecule has 1 fully saturated rings. The Labute approximate surface area is 155 Å². The fourth-order valence-electron chi connectivity index (χ4n) is 2.69. The van der Waals surface area contributed by atoms with Crippen molar-refractivity contribution in [1.29, 1.82) is 0 Å². The number of aromatic amines is 1. The number of aliphatic hydroxyl groups is 2. The molecular weight excluding hydrogens is 424 g/mol. The van der Waals surface area contributed by atoms with Gasteiger partial charge >= 0.3 is 15.2 Å². The van der Waals surface area contributed by atoms with E-state index in [1.54, 1.807) is 0 Å². The van der Waals surface area contributed by atoms with Crippen molar-refractivity contribution in [2.45, 2.75) is 24.5 Å². The number of nitrogens with one attached hydrogen (secondary N) is 1. The van der Waals surface area contributed by atoms with Crippen LogP contribution in [0.3, 0.4) is 0 Å². The van der Waals surface area contributed by atoms with Gasteiger partial charge in [-0.1, -0.05) is 0 Å². The van der Waals surface area contributed by atoms with E-state index in [2.05, 4.69) is 19.5 Å². The average Bonchev–Trinajstić information content (AvgIpc) is 3.06. The summed E-state index contributed by atoms with van der Waals surface area (Å²) in [6.45, 7) is -0.745. The SMILES string of the molecule is Nc1nc2c(ncn2[C@@H]2O[C@H](COP(=O)(O)CP(=O)(O)O)[C@@H](O)[C@H]2O)c(=O)[nH]1. The number of rotatable bonds is 6. The summed E-state index contributed by atoms with van der Waals surface area (Å²) in [5.74, 6) is -1.63. The third-order valence-electron chi connectivity index (χ3n) is 3.87. The second kappa shape index (κ2) is 7.30. The molecule has 1 aliphatic rings.